The molecule has 21 heavy (non-hydrogen) atoms. The van der Waals surface area contributed by atoms with Gasteiger partial charge in [-0.05, 0) is 25.0 Å². The average molecular weight is 348 g/mol. The summed E-state index contributed by atoms with van der Waals surface area (Å²) >= 11 is 18.0. The highest BCUT2D eigenvalue weighted by molar-refractivity contribution is 6.42. The zero-order valence-electron chi connectivity index (χ0n) is 12.0. The lowest BCUT2D eigenvalue weighted by Crippen LogP contribution is -2.35. The number of rotatable bonds is 6. The van der Waals surface area contributed by atoms with Gasteiger partial charge in [-0.25, -0.2) is 0 Å². The van der Waals surface area contributed by atoms with Crippen molar-refractivity contribution in [2.45, 2.75) is 39.5 Å². The maximum atomic E-state index is 12.6. The lowest BCUT2D eigenvalue weighted by atomic mass is 9.79. The molecule has 0 aromatic heterocycles. The summed E-state index contributed by atoms with van der Waals surface area (Å²) in [5.41, 5.74) is -0.768. The van der Waals surface area contributed by atoms with Crippen LogP contribution in [0.15, 0.2) is 12.1 Å². The van der Waals surface area contributed by atoms with Crippen LogP contribution < -0.4 is 5.32 Å². The fourth-order valence-electron chi connectivity index (χ4n) is 2.26. The summed E-state index contributed by atoms with van der Waals surface area (Å²) in [6.07, 6.45) is 2.46. The molecule has 0 fully saturated rings. The molecule has 0 saturated carbocycles. The standard InChI is InChI=1S/C15H17Cl3N2O/c1-3-5-15(9-19,6-4-2)14(21)20-13-11(17)7-10(16)8-12(13)18/h7-8H,3-6H2,1-2H3,(H,20,21). The zero-order valence-corrected chi connectivity index (χ0v) is 14.2. The van der Waals surface area contributed by atoms with Gasteiger partial charge in [0.2, 0.25) is 5.91 Å². The monoisotopic (exact) mass is 346 g/mol. The highest BCUT2D eigenvalue weighted by atomic mass is 35.5. The minimum atomic E-state index is -1.06. The number of nitrogens with one attached hydrogen (secondary N) is 1. The lowest BCUT2D eigenvalue weighted by Gasteiger charge is -2.25. The number of amides is 1. The lowest BCUT2D eigenvalue weighted by molar-refractivity contribution is -0.123. The molecule has 0 atom stereocenters. The smallest absolute Gasteiger partial charge is 0.244 e. The van der Waals surface area contributed by atoms with Gasteiger partial charge < -0.3 is 5.32 Å². The second kappa shape index (κ2) is 7.89. The summed E-state index contributed by atoms with van der Waals surface area (Å²) in [5, 5.41) is 13.0. The molecule has 0 aliphatic carbocycles. The van der Waals surface area contributed by atoms with Crippen molar-refractivity contribution in [1.29, 1.82) is 5.26 Å². The van der Waals surface area contributed by atoms with Gasteiger partial charge in [0.25, 0.3) is 0 Å². The van der Waals surface area contributed by atoms with Crippen LogP contribution in [0.4, 0.5) is 5.69 Å². The van der Waals surface area contributed by atoms with Crippen LogP contribution in [0.2, 0.25) is 15.1 Å². The minimum absolute atomic E-state index is 0.251. The predicted molar refractivity (Wildman–Crippen MR) is 88.0 cm³/mol. The summed E-state index contributed by atoms with van der Waals surface area (Å²) in [5.74, 6) is -0.375. The number of nitrogens with zero attached hydrogens (tertiary/aromatic N) is 1. The average Bonchev–Trinajstić information content (AvgIpc) is 2.42. The Balaban J connectivity index is 3.11. The fourth-order valence-corrected chi connectivity index (χ4v) is 3.17. The van der Waals surface area contributed by atoms with Crippen LogP contribution in [0.5, 0.6) is 0 Å². The minimum Gasteiger partial charge on any atom is -0.322 e. The molecule has 1 amide bonds. The summed E-state index contributed by atoms with van der Waals surface area (Å²) in [6, 6.07) is 5.16. The maximum absolute atomic E-state index is 12.6. The molecule has 0 bridgehead atoms. The van der Waals surface area contributed by atoms with E-state index in [1.54, 1.807) is 0 Å². The van der Waals surface area contributed by atoms with Crippen molar-refractivity contribution < 1.29 is 4.79 Å². The number of benzene rings is 1. The second-order valence-electron chi connectivity index (χ2n) is 4.89. The molecule has 0 aliphatic heterocycles. The van der Waals surface area contributed by atoms with Crippen LogP contribution in [-0.2, 0) is 4.79 Å². The molecule has 114 valence electrons. The van der Waals surface area contributed by atoms with Gasteiger partial charge >= 0.3 is 0 Å². The van der Waals surface area contributed by atoms with E-state index in [-0.39, 0.29) is 16.0 Å². The number of hydrogen-bond acceptors (Lipinski definition) is 2. The number of anilines is 1. The molecular weight excluding hydrogens is 331 g/mol. The van der Waals surface area contributed by atoms with Crippen molar-refractivity contribution in [3.63, 3.8) is 0 Å². The van der Waals surface area contributed by atoms with Crippen LogP contribution in [0.25, 0.3) is 0 Å². The Bertz CT molecular complexity index is 538. The Labute approximate surface area is 140 Å². The molecule has 0 radical (unpaired) electrons. The van der Waals surface area contributed by atoms with Gasteiger partial charge in [0.1, 0.15) is 5.41 Å². The molecule has 0 aliphatic rings. The van der Waals surface area contributed by atoms with Gasteiger partial charge in [-0.1, -0.05) is 61.5 Å². The molecular formula is C15H17Cl3N2O. The first-order valence-corrected chi connectivity index (χ1v) is 7.90. The number of nitriles is 1. The van der Waals surface area contributed by atoms with Crippen molar-refractivity contribution in [3.8, 4) is 6.07 Å². The van der Waals surface area contributed by atoms with Crippen molar-refractivity contribution in [1.82, 2.24) is 0 Å². The highest BCUT2D eigenvalue weighted by Crippen LogP contribution is 2.36. The van der Waals surface area contributed by atoms with E-state index in [1.807, 2.05) is 13.8 Å². The molecule has 3 nitrogen and oxygen atoms in total. The first-order chi connectivity index (χ1) is 9.90. The van der Waals surface area contributed by atoms with Crippen LogP contribution in [0.3, 0.4) is 0 Å². The molecule has 1 aromatic carbocycles. The first kappa shape index (κ1) is 18.1. The number of hydrogen-bond donors (Lipinski definition) is 1. The Kier molecular flexibility index (Phi) is 6.80. The Morgan fingerprint density at radius 1 is 1.19 bits per heavy atom. The molecule has 1 aromatic rings. The van der Waals surface area contributed by atoms with E-state index in [2.05, 4.69) is 11.4 Å². The molecule has 1 N–H and O–H groups in total. The normalized spacial score (nSPS) is 11.0. The summed E-state index contributed by atoms with van der Waals surface area (Å²) in [4.78, 5) is 12.6. The number of carbonyl (C=O) groups is 1. The van der Waals surface area contributed by atoms with Crippen LogP contribution in [0, 0.1) is 16.7 Å². The van der Waals surface area contributed by atoms with Crippen LogP contribution >= 0.6 is 34.8 Å². The molecule has 0 spiro atoms. The topological polar surface area (TPSA) is 52.9 Å². The summed E-state index contributed by atoms with van der Waals surface area (Å²) in [7, 11) is 0. The van der Waals surface area contributed by atoms with Crippen LogP contribution in [0.1, 0.15) is 39.5 Å². The van der Waals surface area contributed by atoms with Crippen molar-refractivity contribution in [2.24, 2.45) is 5.41 Å². The third kappa shape index (κ3) is 4.26. The van der Waals surface area contributed by atoms with E-state index in [0.29, 0.717) is 23.6 Å². The van der Waals surface area contributed by atoms with Gasteiger partial charge in [0, 0.05) is 5.02 Å². The van der Waals surface area contributed by atoms with E-state index in [9.17, 15) is 10.1 Å². The quantitative estimate of drug-likeness (QED) is 0.718. The Hall–Kier alpha value is -0.950. The number of halogens is 3. The van der Waals surface area contributed by atoms with Crippen LogP contribution in [-0.4, -0.2) is 5.91 Å². The van der Waals surface area contributed by atoms with Crippen molar-refractivity contribution >= 4 is 46.4 Å². The number of carbonyl (C=O) groups excluding carboxylic acids is 1. The van der Waals surface area contributed by atoms with Gasteiger partial charge in [-0.2, -0.15) is 5.26 Å². The second-order valence-corrected chi connectivity index (χ2v) is 6.14. The van der Waals surface area contributed by atoms with E-state index in [1.165, 1.54) is 12.1 Å². The van der Waals surface area contributed by atoms with Crippen molar-refractivity contribution in [3.05, 3.63) is 27.2 Å². The van der Waals surface area contributed by atoms with E-state index < -0.39 is 5.41 Å². The SMILES string of the molecule is CCCC(C#N)(CCC)C(=O)Nc1c(Cl)cc(Cl)cc1Cl. The van der Waals surface area contributed by atoms with Gasteiger partial charge in [-0.3, -0.25) is 4.79 Å². The maximum Gasteiger partial charge on any atom is 0.244 e. The molecule has 0 saturated heterocycles. The summed E-state index contributed by atoms with van der Waals surface area (Å²) in [6.45, 7) is 3.88. The summed E-state index contributed by atoms with van der Waals surface area (Å²) < 4.78 is 0. The van der Waals surface area contributed by atoms with E-state index >= 15 is 0 Å². The van der Waals surface area contributed by atoms with Gasteiger partial charge in [0.15, 0.2) is 0 Å². The van der Waals surface area contributed by atoms with E-state index in [4.69, 9.17) is 34.8 Å². The Morgan fingerprint density at radius 2 is 1.67 bits per heavy atom. The molecule has 0 unspecified atom stereocenters. The fraction of sp³-hybridized carbons (Fsp3) is 0.467. The first-order valence-electron chi connectivity index (χ1n) is 6.77. The van der Waals surface area contributed by atoms with Gasteiger partial charge in [-0.15, -0.1) is 0 Å². The predicted octanol–water partition coefficient (Wildman–Crippen LogP) is 5.70. The largest absolute Gasteiger partial charge is 0.322 e. The van der Waals surface area contributed by atoms with Crippen molar-refractivity contribution in [2.75, 3.05) is 5.32 Å². The molecule has 0 heterocycles. The van der Waals surface area contributed by atoms with E-state index in [0.717, 1.165) is 12.8 Å². The molecule has 6 heteroatoms. The van der Waals surface area contributed by atoms with Gasteiger partial charge in [0.05, 0.1) is 21.8 Å². The molecule has 1 rings (SSSR count). The third-order valence-electron chi connectivity index (χ3n) is 3.25. The Morgan fingerprint density at radius 3 is 2.05 bits per heavy atom. The third-order valence-corrected chi connectivity index (χ3v) is 4.06. The highest BCUT2D eigenvalue weighted by Gasteiger charge is 2.37. The zero-order chi connectivity index (χ0) is 16.0.